The summed E-state index contributed by atoms with van der Waals surface area (Å²) in [6.45, 7) is 2.12. The van der Waals surface area contributed by atoms with Crippen LogP contribution in [0.15, 0.2) is 30.3 Å². The molecule has 0 spiro atoms. The summed E-state index contributed by atoms with van der Waals surface area (Å²) in [5.74, 6) is -3.55. The third kappa shape index (κ3) is 5.00. The van der Waals surface area contributed by atoms with Crippen LogP contribution < -0.4 is 16.0 Å². The number of benzene rings is 1. The number of rotatable bonds is 4. The number of primary amides is 1. The second-order valence-electron chi connectivity index (χ2n) is 7.06. The van der Waals surface area contributed by atoms with Gasteiger partial charge in [0.05, 0.1) is 5.56 Å². The number of carbonyl (C=O) groups is 2. The Bertz CT molecular complexity index is 952. The predicted molar refractivity (Wildman–Crippen MR) is 108 cm³/mol. The molecular formula is C20H21ClF2N4O2. The van der Waals surface area contributed by atoms with Gasteiger partial charge in [-0.2, -0.15) is 0 Å². The van der Waals surface area contributed by atoms with Crippen LogP contribution in [-0.2, 0) is 0 Å². The quantitative estimate of drug-likeness (QED) is 0.728. The zero-order valence-corrected chi connectivity index (χ0v) is 16.6. The third-order valence-corrected chi connectivity index (χ3v) is 5.01. The zero-order chi connectivity index (χ0) is 21.2. The second-order valence-corrected chi connectivity index (χ2v) is 7.44. The van der Waals surface area contributed by atoms with Crippen molar-refractivity contribution in [3.8, 4) is 0 Å². The van der Waals surface area contributed by atoms with Crippen molar-refractivity contribution in [1.29, 1.82) is 0 Å². The molecule has 154 valence electrons. The van der Waals surface area contributed by atoms with Gasteiger partial charge in [0.15, 0.2) is 0 Å². The Balaban J connectivity index is 1.93. The topological polar surface area (TPSA) is 88.3 Å². The zero-order valence-electron chi connectivity index (χ0n) is 15.8. The maximum absolute atomic E-state index is 13.8. The first-order valence-electron chi connectivity index (χ1n) is 9.17. The normalized spacial score (nSPS) is 16.2. The van der Waals surface area contributed by atoms with Gasteiger partial charge in [0.25, 0.3) is 5.91 Å². The van der Waals surface area contributed by atoms with Crippen LogP contribution in [0, 0.1) is 6.92 Å². The average molecular weight is 423 g/mol. The number of nitrogens with two attached hydrogens (primary N) is 1. The monoisotopic (exact) mass is 422 g/mol. The van der Waals surface area contributed by atoms with Gasteiger partial charge in [0, 0.05) is 37.2 Å². The van der Waals surface area contributed by atoms with E-state index < -0.39 is 17.7 Å². The van der Waals surface area contributed by atoms with Crippen LogP contribution in [0.5, 0.6) is 0 Å². The maximum atomic E-state index is 13.8. The molecule has 2 heterocycles. The Kier molecular flexibility index (Phi) is 6.02. The van der Waals surface area contributed by atoms with Crippen LogP contribution in [0.4, 0.5) is 20.3 Å². The molecule has 1 aromatic heterocycles. The van der Waals surface area contributed by atoms with Crippen LogP contribution in [0.2, 0.25) is 5.15 Å². The predicted octanol–water partition coefficient (Wildman–Crippen LogP) is 4.02. The molecule has 2 aromatic rings. The smallest absolute Gasteiger partial charge is 0.259 e. The van der Waals surface area contributed by atoms with Crippen LogP contribution in [0.3, 0.4) is 0 Å². The highest BCUT2D eigenvalue weighted by atomic mass is 35.5. The summed E-state index contributed by atoms with van der Waals surface area (Å²) < 4.78 is 27.5. The van der Waals surface area contributed by atoms with Crippen molar-refractivity contribution >= 4 is 34.9 Å². The summed E-state index contributed by atoms with van der Waals surface area (Å²) in [5, 5.41) is 2.90. The molecule has 29 heavy (non-hydrogen) atoms. The number of halogens is 3. The van der Waals surface area contributed by atoms with Gasteiger partial charge in [-0.3, -0.25) is 9.59 Å². The molecule has 3 N–H and O–H groups in total. The Morgan fingerprint density at radius 2 is 2.00 bits per heavy atom. The van der Waals surface area contributed by atoms with Gasteiger partial charge in [0.1, 0.15) is 11.0 Å². The molecular weight excluding hydrogens is 402 g/mol. The van der Waals surface area contributed by atoms with Crippen molar-refractivity contribution in [2.75, 3.05) is 23.3 Å². The molecule has 1 saturated heterocycles. The molecule has 9 heteroatoms. The minimum atomic E-state index is -2.74. The Hall–Kier alpha value is -2.74. The highest BCUT2D eigenvalue weighted by Crippen LogP contribution is 2.32. The van der Waals surface area contributed by atoms with Crippen molar-refractivity contribution in [3.05, 3.63) is 52.2 Å². The second kappa shape index (κ2) is 8.32. The van der Waals surface area contributed by atoms with Crippen LogP contribution in [-0.4, -0.2) is 35.8 Å². The summed E-state index contributed by atoms with van der Waals surface area (Å²) >= 11 is 6.09. The van der Waals surface area contributed by atoms with E-state index in [4.69, 9.17) is 17.3 Å². The number of alkyl halides is 2. The van der Waals surface area contributed by atoms with Crippen LogP contribution in [0.1, 0.15) is 45.5 Å². The SMILES string of the molecule is Cc1cc(Cl)nc(N2CCCC(F)(F)CC2)c1C(=O)Nc1cccc(C(N)=O)c1. The first kappa shape index (κ1) is 21.0. The number of aromatic nitrogens is 1. The van der Waals surface area contributed by atoms with Gasteiger partial charge < -0.3 is 16.0 Å². The highest BCUT2D eigenvalue weighted by molar-refractivity contribution is 6.29. The molecule has 6 nitrogen and oxygen atoms in total. The fraction of sp³-hybridized carbons (Fsp3) is 0.350. The Morgan fingerprint density at radius 1 is 1.24 bits per heavy atom. The number of nitrogens with one attached hydrogen (secondary N) is 1. The Labute approximate surface area is 172 Å². The number of anilines is 2. The van der Waals surface area contributed by atoms with E-state index in [0.717, 1.165) is 0 Å². The first-order valence-corrected chi connectivity index (χ1v) is 9.55. The number of amides is 2. The number of nitrogens with zero attached hydrogens (tertiary/aromatic N) is 2. The fourth-order valence-corrected chi connectivity index (χ4v) is 3.59. The molecule has 1 aliphatic heterocycles. The lowest BCUT2D eigenvalue weighted by Gasteiger charge is -2.25. The molecule has 0 atom stereocenters. The number of hydrogen-bond donors (Lipinski definition) is 2. The number of pyridine rings is 1. The van der Waals surface area contributed by atoms with E-state index in [1.165, 1.54) is 12.1 Å². The Morgan fingerprint density at radius 3 is 2.72 bits per heavy atom. The fourth-order valence-electron chi connectivity index (χ4n) is 3.35. The summed E-state index contributed by atoms with van der Waals surface area (Å²) in [6.07, 6.45) is -0.242. The summed E-state index contributed by atoms with van der Waals surface area (Å²) in [6, 6.07) is 7.77. The van der Waals surface area contributed by atoms with E-state index in [2.05, 4.69) is 10.3 Å². The highest BCUT2D eigenvalue weighted by Gasteiger charge is 2.33. The van der Waals surface area contributed by atoms with Crippen molar-refractivity contribution < 1.29 is 18.4 Å². The maximum Gasteiger partial charge on any atom is 0.259 e. The van der Waals surface area contributed by atoms with Crippen molar-refractivity contribution in [2.24, 2.45) is 5.73 Å². The van der Waals surface area contributed by atoms with Crippen LogP contribution >= 0.6 is 11.6 Å². The van der Waals surface area contributed by atoms with Crippen molar-refractivity contribution in [2.45, 2.75) is 32.1 Å². The van der Waals surface area contributed by atoms with E-state index >= 15 is 0 Å². The molecule has 2 amide bonds. The van der Waals surface area contributed by atoms with Gasteiger partial charge in [-0.15, -0.1) is 0 Å². The molecule has 1 aromatic carbocycles. The third-order valence-electron chi connectivity index (χ3n) is 4.82. The largest absolute Gasteiger partial charge is 0.366 e. The number of aryl methyl sites for hydroxylation is 1. The molecule has 0 aliphatic carbocycles. The van der Waals surface area contributed by atoms with Crippen LogP contribution in [0.25, 0.3) is 0 Å². The minimum Gasteiger partial charge on any atom is -0.366 e. The lowest BCUT2D eigenvalue weighted by molar-refractivity contribution is -0.0102. The van der Waals surface area contributed by atoms with E-state index in [-0.39, 0.29) is 47.9 Å². The lowest BCUT2D eigenvalue weighted by Crippen LogP contribution is -2.30. The van der Waals surface area contributed by atoms with Gasteiger partial charge in [-0.1, -0.05) is 17.7 Å². The molecule has 1 fully saturated rings. The van der Waals surface area contributed by atoms with E-state index in [0.29, 0.717) is 17.8 Å². The van der Waals surface area contributed by atoms with Crippen molar-refractivity contribution in [1.82, 2.24) is 4.98 Å². The van der Waals surface area contributed by atoms with E-state index in [9.17, 15) is 18.4 Å². The minimum absolute atomic E-state index is 0.0667. The molecule has 1 aliphatic rings. The van der Waals surface area contributed by atoms with E-state index in [1.54, 1.807) is 30.0 Å². The summed E-state index contributed by atoms with van der Waals surface area (Å²) in [7, 11) is 0. The standard InChI is InChI=1S/C20H21ClF2N4O2/c1-12-10-15(21)26-18(27-8-3-6-20(22,23)7-9-27)16(12)19(29)25-14-5-2-4-13(11-14)17(24)28/h2,4-5,10-11H,3,6-9H2,1H3,(H2,24,28)(H,25,29). The molecule has 0 saturated carbocycles. The average Bonchev–Trinajstić information content (AvgIpc) is 2.81. The van der Waals surface area contributed by atoms with Gasteiger partial charge in [-0.05, 0) is 43.2 Å². The van der Waals surface area contributed by atoms with E-state index in [1.807, 2.05) is 0 Å². The lowest BCUT2D eigenvalue weighted by atomic mass is 10.1. The molecule has 0 radical (unpaired) electrons. The summed E-state index contributed by atoms with van der Waals surface area (Å²) in [4.78, 5) is 30.3. The number of hydrogen-bond acceptors (Lipinski definition) is 4. The molecule has 3 rings (SSSR count). The van der Waals surface area contributed by atoms with Gasteiger partial charge in [0.2, 0.25) is 11.8 Å². The number of carbonyl (C=O) groups excluding carboxylic acids is 2. The van der Waals surface area contributed by atoms with Crippen molar-refractivity contribution in [3.63, 3.8) is 0 Å². The molecule has 0 bridgehead atoms. The van der Waals surface area contributed by atoms with Gasteiger partial charge in [-0.25, -0.2) is 13.8 Å². The molecule has 0 unspecified atom stereocenters. The first-order chi connectivity index (χ1) is 13.7. The van der Waals surface area contributed by atoms with Gasteiger partial charge >= 0.3 is 0 Å². The summed E-state index contributed by atoms with van der Waals surface area (Å²) in [5.41, 5.74) is 6.74.